The molecule has 1 amide bonds. The third kappa shape index (κ3) is 4.64. The van der Waals surface area contributed by atoms with E-state index in [2.05, 4.69) is 22.4 Å². The molecule has 0 aromatic carbocycles. The van der Waals surface area contributed by atoms with E-state index in [4.69, 9.17) is 17.0 Å². The number of hydrogen-bond donors (Lipinski definition) is 2. The van der Waals surface area contributed by atoms with Crippen molar-refractivity contribution in [2.24, 2.45) is 13.0 Å². The number of H-pyrrole nitrogens is 1. The Morgan fingerprint density at radius 3 is 2.95 bits per heavy atom. The molecular weight excluding hydrogens is 288 g/mol. The highest BCUT2D eigenvalue weighted by Gasteiger charge is 2.22. The summed E-state index contributed by atoms with van der Waals surface area (Å²) >= 11 is 5.04. The summed E-state index contributed by atoms with van der Waals surface area (Å²) in [7, 11) is 1.86. The summed E-state index contributed by atoms with van der Waals surface area (Å²) in [5.41, 5.74) is 0. The first-order valence-electron chi connectivity index (χ1n) is 7.56. The summed E-state index contributed by atoms with van der Waals surface area (Å²) < 4.78 is 8.13. The second-order valence-electron chi connectivity index (χ2n) is 5.72. The number of carbonyl (C=O) groups is 1. The Labute approximate surface area is 130 Å². The smallest absolute Gasteiger partial charge is 0.246 e. The first-order valence-corrected chi connectivity index (χ1v) is 7.97. The third-order valence-corrected chi connectivity index (χ3v) is 4.47. The van der Waals surface area contributed by atoms with Gasteiger partial charge in [-0.1, -0.05) is 19.8 Å². The van der Waals surface area contributed by atoms with E-state index in [1.807, 2.05) is 11.6 Å². The fourth-order valence-corrected chi connectivity index (χ4v) is 2.83. The molecule has 0 saturated heterocycles. The van der Waals surface area contributed by atoms with Gasteiger partial charge in [-0.05, 0) is 31.0 Å². The summed E-state index contributed by atoms with van der Waals surface area (Å²) in [6.07, 6.45) is 5.63. The Morgan fingerprint density at radius 1 is 1.52 bits per heavy atom. The largest absolute Gasteiger partial charge is 0.368 e. The number of rotatable bonds is 6. The maximum Gasteiger partial charge on any atom is 0.246 e. The summed E-state index contributed by atoms with van der Waals surface area (Å²) in [6, 6.07) is 0. The van der Waals surface area contributed by atoms with Crippen molar-refractivity contribution in [2.75, 3.05) is 13.2 Å². The first-order chi connectivity index (χ1) is 10.1. The van der Waals surface area contributed by atoms with Gasteiger partial charge in [0.2, 0.25) is 5.91 Å². The van der Waals surface area contributed by atoms with Crippen molar-refractivity contribution < 1.29 is 9.53 Å². The Morgan fingerprint density at radius 2 is 2.29 bits per heavy atom. The molecule has 0 radical (unpaired) electrons. The van der Waals surface area contributed by atoms with Gasteiger partial charge in [0.15, 0.2) is 4.77 Å². The van der Waals surface area contributed by atoms with E-state index in [-0.39, 0.29) is 18.6 Å². The lowest BCUT2D eigenvalue weighted by atomic mass is 9.88. The number of amides is 1. The lowest BCUT2D eigenvalue weighted by molar-refractivity contribution is -0.129. The molecule has 21 heavy (non-hydrogen) atoms. The highest BCUT2D eigenvalue weighted by Crippen LogP contribution is 2.25. The topological polar surface area (TPSA) is 71.9 Å². The van der Waals surface area contributed by atoms with Gasteiger partial charge in [-0.2, -0.15) is 5.10 Å². The molecule has 118 valence electrons. The summed E-state index contributed by atoms with van der Waals surface area (Å²) in [5, 5.41) is 9.69. The van der Waals surface area contributed by atoms with Gasteiger partial charge >= 0.3 is 0 Å². The number of ether oxygens (including phenoxy) is 1. The quantitative estimate of drug-likeness (QED) is 0.785. The molecule has 7 heteroatoms. The van der Waals surface area contributed by atoms with Gasteiger partial charge in [-0.3, -0.25) is 9.89 Å². The van der Waals surface area contributed by atoms with E-state index in [0.29, 0.717) is 23.7 Å². The fourth-order valence-electron chi connectivity index (χ4n) is 2.68. The van der Waals surface area contributed by atoms with Crippen LogP contribution in [-0.2, 0) is 23.0 Å². The van der Waals surface area contributed by atoms with Crippen molar-refractivity contribution in [3.63, 3.8) is 0 Å². The maximum absolute atomic E-state index is 11.8. The summed E-state index contributed by atoms with van der Waals surface area (Å²) in [6.45, 7) is 2.88. The molecule has 2 N–H and O–H groups in total. The van der Waals surface area contributed by atoms with Gasteiger partial charge in [-0.25, -0.2) is 0 Å². The number of aromatic nitrogens is 3. The number of aromatic amines is 1. The lowest BCUT2D eigenvalue weighted by Gasteiger charge is -2.28. The van der Waals surface area contributed by atoms with Crippen LogP contribution < -0.4 is 5.32 Å². The second-order valence-corrected chi connectivity index (χ2v) is 6.10. The molecule has 0 aliphatic heterocycles. The minimum absolute atomic E-state index is 0.0652. The molecule has 2 rings (SSSR count). The van der Waals surface area contributed by atoms with E-state index in [9.17, 15) is 4.79 Å². The monoisotopic (exact) mass is 312 g/mol. The second kappa shape index (κ2) is 7.70. The average molecular weight is 312 g/mol. The zero-order valence-electron chi connectivity index (χ0n) is 12.7. The zero-order valence-corrected chi connectivity index (χ0v) is 13.5. The fraction of sp³-hybridized carbons (Fsp3) is 0.786. The van der Waals surface area contributed by atoms with Gasteiger partial charge in [0.25, 0.3) is 0 Å². The van der Waals surface area contributed by atoms with Gasteiger partial charge in [0.05, 0.1) is 6.10 Å². The van der Waals surface area contributed by atoms with Crippen LogP contribution in [0, 0.1) is 10.7 Å². The Hall–Kier alpha value is -1.21. The van der Waals surface area contributed by atoms with E-state index in [1.165, 1.54) is 19.3 Å². The molecule has 1 aromatic rings. The van der Waals surface area contributed by atoms with Crippen molar-refractivity contribution in [3.05, 3.63) is 10.6 Å². The number of nitrogens with zero attached hydrogens (tertiary/aromatic N) is 2. The Bertz CT molecular complexity index is 525. The molecule has 1 aliphatic carbocycles. The SMILES string of the molecule is C[C@@H]1CCCC[C@H]1OCC(=O)NCCc1n[nH]c(=S)n1C. The van der Waals surface area contributed by atoms with Crippen LogP contribution in [0.1, 0.15) is 38.4 Å². The molecule has 0 unspecified atom stereocenters. The number of hydrogen-bond acceptors (Lipinski definition) is 4. The van der Waals surface area contributed by atoms with E-state index in [0.717, 1.165) is 12.2 Å². The molecule has 1 aromatic heterocycles. The predicted octanol–water partition coefficient (Wildman–Crippen LogP) is 1.73. The first kappa shape index (κ1) is 16.2. The lowest BCUT2D eigenvalue weighted by Crippen LogP contribution is -2.34. The highest BCUT2D eigenvalue weighted by molar-refractivity contribution is 7.71. The average Bonchev–Trinajstić information content (AvgIpc) is 2.78. The third-order valence-electron chi connectivity index (χ3n) is 4.10. The van der Waals surface area contributed by atoms with Gasteiger partial charge in [0, 0.05) is 20.0 Å². The Kier molecular flexibility index (Phi) is 5.93. The molecule has 1 heterocycles. The summed E-state index contributed by atoms with van der Waals surface area (Å²) in [4.78, 5) is 11.8. The van der Waals surface area contributed by atoms with Crippen LogP contribution in [0.25, 0.3) is 0 Å². The van der Waals surface area contributed by atoms with Gasteiger partial charge in [0.1, 0.15) is 12.4 Å². The maximum atomic E-state index is 11.8. The standard InChI is InChI=1S/C14H24N4O2S/c1-10-5-3-4-6-11(10)20-9-13(19)15-8-7-12-16-17-14(21)18(12)2/h10-11H,3-9H2,1-2H3,(H,15,19)(H,17,21)/t10-,11-/m1/s1. The van der Waals surface area contributed by atoms with E-state index < -0.39 is 0 Å². The molecule has 2 atom stereocenters. The van der Waals surface area contributed by atoms with Gasteiger partial charge < -0.3 is 14.6 Å². The van der Waals surface area contributed by atoms with Crippen LogP contribution in [0.15, 0.2) is 0 Å². The van der Waals surface area contributed by atoms with Crippen molar-refractivity contribution in [2.45, 2.75) is 45.1 Å². The minimum Gasteiger partial charge on any atom is -0.368 e. The number of nitrogens with one attached hydrogen (secondary N) is 2. The molecule has 6 nitrogen and oxygen atoms in total. The molecule has 1 saturated carbocycles. The number of carbonyl (C=O) groups excluding carboxylic acids is 1. The minimum atomic E-state index is -0.0652. The van der Waals surface area contributed by atoms with Crippen molar-refractivity contribution in [3.8, 4) is 0 Å². The molecule has 0 bridgehead atoms. The normalized spacial score (nSPS) is 22.2. The summed E-state index contributed by atoms with van der Waals surface area (Å²) in [5.74, 6) is 1.33. The Balaban J connectivity index is 1.65. The molecule has 1 aliphatic rings. The van der Waals surface area contributed by atoms with Crippen LogP contribution in [0.5, 0.6) is 0 Å². The van der Waals surface area contributed by atoms with Crippen LogP contribution in [0.4, 0.5) is 0 Å². The van der Waals surface area contributed by atoms with E-state index in [1.54, 1.807) is 0 Å². The highest BCUT2D eigenvalue weighted by atomic mass is 32.1. The van der Waals surface area contributed by atoms with Crippen LogP contribution in [0.3, 0.4) is 0 Å². The molecular formula is C14H24N4O2S. The van der Waals surface area contributed by atoms with Crippen LogP contribution in [-0.4, -0.2) is 39.9 Å². The van der Waals surface area contributed by atoms with Crippen molar-refractivity contribution in [1.82, 2.24) is 20.1 Å². The van der Waals surface area contributed by atoms with Crippen molar-refractivity contribution >= 4 is 18.1 Å². The molecule has 1 fully saturated rings. The molecule has 0 spiro atoms. The predicted molar refractivity (Wildman–Crippen MR) is 82.5 cm³/mol. The van der Waals surface area contributed by atoms with Crippen molar-refractivity contribution in [1.29, 1.82) is 0 Å². The van der Waals surface area contributed by atoms with Gasteiger partial charge in [-0.15, -0.1) is 0 Å². The van der Waals surface area contributed by atoms with Crippen LogP contribution >= 0.6 is 12.2 Å². The van der Waals surface area contributed by atoms with E-state index >= 15 is 0 Å². The van der Waals surface area contributed by atoms with Crippen LogP contribution in [0.2, 0.25) is 0 Å². The zero-order chi connectivity index (χ0) is 15.2.